The third-order valence-electron chi connectivity index (χ3n) is 3.32. The van der Waals surface area contributed by atoms with Gasteiger partial charge in [0, 0.05) is 44.1 Å². The second-order valence-corrected chi connectivity index (χ2v) is 4.73. The van der Waals surface area contributed by atoms with E-state index in [-0.39, 0.29) is 0 Å². The van der Waals surface area contributed by atoms with Crippen LogP contribution in [0.25, 0.3) is 11.4 Å². The van der Waals surface area contributed by atoms with E-state index in [0.717, 1.165) is 37.3 Å². The fourth-order valence-corrected chi connectivity index (χ4v) is 2.19. The molecule has 0 radical (unpaired) electrons. The van der Waals surface area contributed by atoms with Crippen LogP contribution in [0, 0.1) is 6.92 Å². The van der Waals surface area contributed by atoms with Crippen molar-refractivity contribution in [1.82, 2.24) is 25.3 Å². The van der Waals surface area contributed by atoms with Gasteiger partial charge in [-0.15, -0.1) is 0 Å². The molecule has 19 heavy (non-hydrogen) atoms. The lowest BCUT2D eigenvalue weighted by atomic mass is 10.1. The molecule has 0 unspecified atom stereocenters. The maximum atomic E-state index is 5.33. The van der Waals surface area contributed by atoms with Crippen LogP contribution in [-0.4, -0.2) is 46.2 Å². The molecule has 1 aliphatic rings. The number of hydrogen-bond donors (Lipinski definition) is 1. The number of aromatic nitrogens is 3. The monoisotopic (exact) mass is 259 g/mol. The third kappa shape index (κ3) is 2.80. The highest BCUT2D eigenvalue weighted by molar-refractivity contribution is 5.57. The van der Waals surface area contributed by atoms with Gasteiger partial charge in [0.2, 0.25) is 11.7 Å². The van der Waals surface area contributed by atoms with Crippen molar-refractivity contribution in [2.24, 2.45) is 0 Å². The van der Waals surface area contributed by atoms with Gasteiger partial charge >= 0.3 is 0 Å². The van der Waals surface area contributed by atoms with Gasteiger partial charge in [0.1, 0.15) is 0 Å². The number of hydrogen-bond acceptors (Lipinski definition) is 6. The molecule has 1 fully saturated rings. The van der Waals surface area contributed by atoms with Crippen LogP contribution in [0.3, 0.4) is 0 Å². The topological polar surface area (TPSA) is 67.1 Å². The summed E-state index contributed by atoms with van der Waals surface area (Å²) in [6.45, 7) is 6.80. The number of aryl methyl sites for hydroxylation is 1. The summed E-state index contributed by atoms with van der Waals surface area (Å²) in [4.78, 5) is 10.9. The number of piperazine rings is 1. The molecule has 100 valence electrons. The minimum Gasteiger partial charge on any atom is -0.338 e. The van der Waals surface area contributed by atoms with Gasteiger partial charge in [0.15, 0.2) is 0 Å². The Bertz CT molecular complexity index is 547. The lowest BCUT2D eigenvalue weighted by molar-refractivity contribution is 0.203. The van der Waals surface area contributed by atoms with E-state index in [9.17, 15) is 0 Å². The summed E-state index contributed by atoms with van der Waals surface area (Å²) in [6.07, 6.45) is 3.54. The normalized spacial score (nSPS) is 16.7. The first-order chi connectivity index (χ1) is 9.33. The van der Waals surface area contributed by atoms with Gasteiger partial charge in [0.25, 0.3) is 0 Å². The Morgan fingerprint density at radius 3 is 3.00 bits per heavy atom. The minimum absolute atomic E-state index is 0.621. The average molecular weight is 259 g/mol. The SMILES string of the molecule is Cc1ccncc1-c1noc(CN2CCNCC2)n1. The molecule has 6 nitrogen and oxygen atoms in total. The Hall–Kier alpha value is -1.79. The average Bonchev–Trinajstić information content (AvgIpc) is 2.89. The smallest absolute Gasteiger partial charge is 0.241 e. The Morgan fingerprint density at radius 2 is 2.21 bits per heavy atom. The maximum absolute atomic E-state index is 5.33. The van der Waals surface area contributed by atoms with E-state index in [1.807, 2.05) is 13.0 Å². The zero-order chi connectivity index (χ0) is 13.1. The van der Waals surface area contributed by atoms with Crippen LogP contribution in [0.5, 0.6) is 0 Å². The lowest BCUT2D eigenvalue weighted by Gasteiger charge is -2.25. The highest BCUT2D eigenvalue weighted by atomic mass is 16.5. The quantitative estimate of drug-likeness (QED) is 0.881. The zero-order valence-corrected chi connectivity index (χ0v) is 11.0. The van der Waals surface area contributed by atoms with Gasteiger partial charge < -0.3 is 9.84 Å². The van der Waals surface area contributed by atoms with Crippen LogP contribution >= 0.6 is 0 Å². The van der Waals surface area contributed by atoms with Crippen LogP contribution in [-0.2, 0) is 6.54 Å². The molecule has 6 heteroatoms. The highest BCUT2D eigenvalue weighted by Crippen LogP contribution is 2.19. The van der Waals surface area contributed by atoms with Crippen molar-refractivity contribution in [3.63, 3.8) is 0 Å². The summed E-state index contributed by atoms with van der Waals surface area (Å²) in [6, 6.07) is 1.95. The molecule has 1 N–H and O–H groups in total. The van der Waals surface area contributed by atoms with Crippen LogP contribution in [0.2, 0.25) is 0 Å². The first kappa shape index (κ1) is 12.3. The molecule has 0 saturated carbocycles. The Kier molecular flexibility index (Phi) is 3.52. The van der Waals surface area contributed by atoms with E-state index in [2.05, 4.69) is 25.3 Å². The number of nitrogens with zero attached hydrogens (tertiary/aromatic N) is 4. The molecular weight excluding hydrogens is 242 g/mol. The van der Waals surface area contributed by atoms with Gasteiger partial charge in [-0.25, -0.2) is 0 Å². The van der Waals surface area contributed by atoms with E-state index >= 15 is 0 Å². The molecule has 0 aliphatic carbocycles. The summed E-state index contributed by atoms with van der Waals surface area (Å²) in [5, 5.41) is 7.37. The first-order valence-electron chi connectivity index (χ1n) is 6.49. The highest BCUT2D eigenvalue weighted by Gasteiger charge is 2.15. The third-order valence-corrected chi connectivity index (χ3v) is 3.32. The van der Waals surface area contributed by atoms with E-state index < -0.39 is 0 Å². The van der Waals surface area contributed by atoms with E-state index in [4.69, 9.17) is 4.52 Å². The fraction of sp³-hybridized carbons (Fsp3) is 0.462. The van der Waals surface area contributed by atoms with E-state index in [1.54, 1.807) is 12.4 Å². The van der Waals surface area contributed by atoms with Crippen molar-refractivity contribution in [1.29, 1.82) is 0 Å². The van der Waals surface area contributed by atoms with Gasteiger partial charge in [0.05, 0.1) is 6.54 Å². The summed E-state index contributed by atoms with van der Waals surface area (Å²) in [5.74, 6) is 1.29. The van der Waals surface area contributed by atoms with Crippen LogP contribution < -0.4 is 5.32 Å². The molecule has 2 aromatic heterocycles. The number of pyridine rings is 1. The predicted octanol–water partition coefficient (Wildman–Crippen LogP) is 0.845. The summed E-state index contributed by atoms with van der Waals surface area (Å²) in [7, 11) is 0. The maximum Gasteiger partial charge on any atom is 0.241 e. The molecule has 3 heterocycles. The molecule has 0 aromatic carbocycles. The van der Waals surface area contributed by atoms with Gasteiger partial charge in [-0.2, -0.15) is 4.98 Å². The first-order valence-corrected chi connectivity index (χ1v) is 6.49. The van der Waals surface area contributed by atoms with Crippen LogP contribution in [0.15, 0.2) is 23.0 Å². The van der Waals surface area contributed by atoms with Crippen LogP contribution in [0.4, 0.5) is 0 Å². The number of rotatable bonds is 3. The minimum atomic E-state index is 0.621. The molecular formula is C13H17N5O. The second-order valence-electron chi connectivity index (χ2n) is 4.73. The van der Waals surface area contributed by atoms with Crippen molar-refractivity contribution in [3.8, 4) is 11.4 Å². The van der Waals surface area contributed by atoms with E-state index in [0.29, 0.717) is 18.3 Å². The lowest BCUT2D eigenvalue weighted by Crippen LogP contribution is -2.42. The zero-order valence-electron chi connectivity index (χ0n) is 11.0. The largest absolute Gasteiger partial charge is 0.338 e. The fourth-order valence-electron chi connectivity index (χ4n) is 2.19. The standard InChI is InChI=1S/C13H17N5O/c1-10-2-3-15-8-11(10)13-16-12(19-17-13)9-18-6-4-14-5-7-18/h2-3,8,14H,4-7,9H2,1H3. The molecule has 1 saturated heterocycles. The van der Waals surface area contributed by atoms with Crippen molar-refractivity contribution < 1.29 is 4.52 Å². The molecule has 0 bridgehead atoms. The van der Waals surface area contributed by atoms with Crippen molar-refractivity contribution in [3.05, 3.63) is 29.9 Å². The van der Waals surface area contributed by atoms with Gasteiger partial charge in [-0.3, -0.25) is 9.88 Å². The van der Waals surface area contributed by atoms with Gasteiger partial charge in [-0.05, 0) is 18.6 Å². The summed E-state index contributed by atoms with van der Waals surface area (Å²) < 4.78 is 5.33. The molecule has 3 rings (SSSR count). The molecule has 2 aromatic rings. The predicted molar refractivity (Wildman–Crippen MR) is 70.4 cm³/mol. The molecule has 1 aliphatic heterocycles. The van der Waals surface area contributed by atoms with E-state index in [1.165, 1.54) is 0 Å². The molecule has 0 amide bonds. The van der Waals surface area contributed by atoms with Crippen molar-refractivity contribution in [2.75, 3.05) is 26.2 Å². The Balaban J connectivity index is 1.74. The Labute approximate surface area is 111 Å². The molecule has 0 atom stereocenters. The van der Waals surface area contributed by atoms with Crippen molar-refractivity contribution in [2.45, 2.75) is 13.5 Å². The summed E-state index contributed by atoms with van der Waals surface area (Å²) >= 11 is 0. The molecule has 0 spiro atoms. The van der Waals surface area contributed by atoms with Crippen LogP contribution in [0.1, 0.15) is 11.5 Å². The van der Waals surface area contributed by atoms with Crippen molar-refractivity contribution >= 4 is 0 Å². The van der Waals surface area contributed by atoms with Gasteiger partial charge in [-0.1, -0.05) is 5.16 Å². The Morgan fingerprint density at radius 1 is 1.37 bits per heavy atom. The second kappa shape index (κ2) is 5.46. The number of nitrogens with one attached hydrogen (secondary N) is 1. The summed E-state index contributed by atoms with van der Waals surface area (Å²) in [5.41, 5.74) is 2.03.